The van der Waals surface area contributed by atoms with Crippen LogP contribution >= 0.6 is 11.8 Å². The molecule has 2 heterocycles. The molecule has 0 saturated heterocycles. The van der Waals surface area contributed by atoms with E-state index in [2.05, 4.69) is 26.7 Å². The van der Waals surface area contributed by atoms with Crippen LogP contribution in [0.2, 0.25) is 0 Å². The third-order valence-corrected chi connectivity index (χ3v) is 5.12. The first-order valence-corrected chi connectivity index (χ1v) is 9.51. The van der Waals surface area contributed by atoms with E-state index >= 15 is 0 Å². The molecule has 1 aliphatic carbocycles. The first-order chi connectivity index (χ1) is 12.8. The summed E-state index contributed by atoms with van der Waals surface area (Å²) >= 11 is 1.52. The lowest BCUT2D eigenvalue weighted by Crippen LogP contribution is -2.05. The van der Waals surface area contributed by atoms with Crippen LogP contribution in [0.15, 0.2) is 65.0 Å². The third-order valence-electron chi connectivity index (χ3n) is 4.19. The van der Waals surface area contributed by atoms with E-state index in [-0.39, 0.29) is 5.97 Å². The largest absolute Gasteiger partial charge is 0.462 e. The number of hydrogen-bond acceptors (Lipinski definition) is 5. The lowest BCUT2D eigenvalue weighted by Gasteiger charge is -2.10. The second kappa shape index (κ2) is 7.33. The van der Waals surface area contributed by atoms with Gasteiger partial charge in [-0.25, -0.2) is 14.8 Å². The van der Waals surface area contributed by atoms with E-state index in [1.54, 1.807) is 19.2 Å². The van der Waals surface area contributed by atoms with Gasteiger partial charge >= 0.3 is 5.97 Å². The highest BCUT2D eigenvalue weighted by atomic mass is 32.2. The van der Waals surface area contributed by atoms with Crippen molar-refractivity contribution in [1.29, 1.82) is 0 Å². The summed E-state index contributed by atoms with van der Waals surface area (Å²) in [7, 11) is 0. The van der Waals surface area contributed by atoms with Gasteiger partial charge in [0.25, 0.3) is 0 Å². The van der Waals surface area contributed by atoms with Crippen LogP contribution in [0.3, 0.4) is 0 Å². The standard InChI is InChI=1S/C20H19N3O2S/c1-2-25-19(24)15-8-11-18(21-12-15)26-20-22-13-17(23(20)16-9-10-16)14-6-4-3-5-7-14/h3-8,11-13,16H,2,9-10H2,1H3. The number of ether oxygens (including phenoxy) is 1. The molecule has 0 aliphatic heterocycles. The van der Waals surface area contributed by atoms with Crippen LogP contribution in [0.1, 0.15) is 36.2 Å². The minimum atomic E-state index is -0.345. The van der Waals surface area contributed by atoms with Crippen LogP contribution in [-0.4, -0.2) is 27.1 Å². The van der Waals surface area contributed by atoms with Crippen molar-refractivity contribution in [2.45, 2.75) is 36.0 Å². The molecule has 0 N–H and O–H groups in total. The van der Waals surface area contributed by atoms with Gasteiger partial charge in [0.15, 0.2) is 5.16 Å². The van der Waals surface area contributed by atoms with Gasteiger partial charge in [-0.2, -0.15) is 0 Å². The highest BCUT2D eigenvalue weighted by Gasteiger charge is 2.29. The van der Waals surface area contributed by atoms with Gasteiger partial charge in [0.2, 0.25) is 0 Å². The van der Waals surface area contributed by atoms with Gasteiger partial charge in [-0.3, -0.25) is 0 Å². The van der Waals surface area contributed by atoms with Gasteiger partial charge in [-0.1, -0.05) is 30.3 Å². The van der Waals surface area contributed by atoms with Crippen LogP contribution in [0.4, 0.5) is 0 Å². The zero-order chi connectivity index (χ0) is 17.9. The molecule has 0 amide bonds. The molecular formula is C20H19N3O2S. The van der Waals surface area contributed by atoms with E-state index in [4.69, 9.17) is 4.74 Å². The highest BCUT2D eigenvalue weighted by Crippen LogP contribution is 2.42. The number of aromatic nitrogens is 3. The number of benzene rings is 1. The molecule has 26 heavy (non-hydrogen) atoms. The summed E-state index contributed by atoms with van der Waals surface area (Å²) in [4.78, 5) is 20.8. The predicted octanol–water partition coefficient (Wildman–Crippen LogP) is 4.61. The smallest absolute Gasteiger partial charge is 0.339 e. The van der Waals surface area contributed by atoms with Crippen LogP contribution in [0.25, 0.3) is 11.3 Å². The monoisotopic (exact) mass is 365 g/mol. The summed E-state index contributed by atoms with van der Waals surface area (Å²) in [5, 5.41) is 1.74. The number of imidazole rings is 1. The van der Waals surface area contributed by atoms with Crippen molar-refractivity contribution < 1.29 is 9.53 Å². The quantitative estimate of drug-likeness (QED) is 0.597. The van der Waals surface area contributed by atoms with Gasteiger partial charge in [0.1, 0.15) is 5.03 Å². The number of hydrogen-bond donors (Lipinski definition) is 0. The van der Waals surface area contributed by atoms with Crippen molar-refractivity contribution in [3.63, 3.8) is 0 Å². The molecule has 0 radical (unpaired) electrons. The number of carbonyl (C=O) groups excluding carboxylic acids is 1. The predicted molar refractivity (Wildman–Crippen MR) is 100 cm³/mol. The summed E-state index contributed by atoms with van der Waals surface area (Å²) in [6.07, 6.45) is 5.85. The molecule has 1 aliphatic rings. The molecule has 132 valence electrons. The Kier molecular flexibility index (Phi) is 4.75. The Hall–Kier alpha value is -2.60. The van der Waals surface area contributed by atoms with Crippen molar-refractivity contribution in [2.75, 3.05) is 6.61 Å². The number of rotatable bonds is 6. The van der Waals surface area contributed by atoms with Gasteiger partial charge in [0, 0.05) is 12.2 Å². The Bertz CT molecular complexity index is 903. The van der Waals surface area contributed by atoms with E-state index in [9.17, 15) is 4.79 Å². The zero-order valence-electron chi connectivity index (χ0n) is 14.5. The van der Waals surface area contributed by atoms with Crippen LogP contribution in [0, 0.1) is 0 Å². The van der Waals surface area contributed by atoms with Crippen LogP contribution in [-0.2, 0) is 4.74 Å². The van der Waals surface area contributed by atoms with Crippen molar-refractivity contribution in [3.05, 3.63) is 60.4 Å². The van der Waals surface area contributed by atoms with E-state index in [0.717, 1.165) is 15.9 Å². The van der Waals surface area contributed by atoms with Crippen molar-refractivity contribution >= 4 is 17.7 Å². The molecule has 0 spiro atoms. The second-order valence-corrected chi connectivity index (χ2v) is 7.09. The minimum Gasteiger partial charge on any atom is -0.462 e. The maximum Gasteiger partial charge on any atom is 0.339 e. The van der Waals surface area contributed by atoms with Crippen molar-refractivity contribution in [3.8, 4) is 11.3 Å². The van der Waals surface area contributed by atoms with Gasteiger partial charge in [-0.05, 0) is 49.2 Å². The number of esters is 1. The summed E-state index contributed by atoms with van der Waals surface area (Å²) in [5.74, 6) is -0.345. The van der Waals surface area contributed by atoms with E-state index in [1.165, 1.54) is 30.2 Å². The molecule has 1 saturated carbocycles. The fraction of sp³-hybridized carbons (Fsp3) is 0.250. The third kappa shape index (κ3) is 3.51. The fourth-order valence-electron chi connectivity index (χ4n) is 2.80. The van der Waals surface area contributed by atoms with E-state index in [1.807, 2.05) is 30.5 Å². The molecule has 1 fully saturated rings. The summed E-state index contributed by atoms with van der Waals surface area (Å²) < 4.78 is 7.30. The first kappa shape index (κ1) is 16.8. The molecule has 6 heteroatoms. The molecule has 3 aromatic rings. The Morgan fingerprint density at radius 3 is 2.62 bits per heavy atom. The number of pyridine rings is 1. The van der Waals surface area contributed by atoms with Crippen molar-refractivity contribution in [2.24, 2.45) is 0 Å². The molecule has 0 bridgehead atoms. The molecule has 2 aromatic heterocycles. The molecule has 4 rings (SSSR count). The summed E-state index contributed by atoms with van der Waals surface area (Å²) in [6, 6.07) is 14.4. The topological polar surface area (TPSA) is 57.0 Å². The SMILES string of the molecule is CCOC(=O)c1ccc(Sc2ncc(-c3ccccc3)n2C2CC2)nc1. The minimum absolute atomic E-state index is 0.345. The lowest BCUT2D eigenvalue weighted by molar-refractivity contribution is 0.0525. The summed E-state index contributed by atoms with van der Waals surface area (Å²) in [6.45, 7) is 2.15. The number of nitrogens with zero attached hydrogens (tertiary/aromatic N) is 3. The Morgan fingerprint density at radius 1 is 1.15 bits per heavy atom. The Balaban J connectivity index is 1.59. The van der Waals surface area contributed by atoms with E-state index in [0.29, 0.717) is 18.2 Å². The number of carbonyl (C=O) groups is 1. The maximum absolute atomic E-state index is 11.7. The molecular weight excluding hydrogens is 346 g/mol. The fourth-order valence-corrected chi connectivity index (χ4v) is 3.68. The average molecular weight is 365 g/mol. The molecule has 1 aromatic carbocycles. The average Bonchev–Trinajstić information content (AvgIpc) is 3.43. The molecule has 0 atom stereocenters. The maximum atomic E-state index is 11.7. The van der Waals surface area contributed by atoms with Gasteiger partial charge in [0.05, 0.1) is 24.1 Å². The summed E-state index contributed by atoms with van der Waals surface area (Å²) in [5.41, 5.74) is 2.77. The van der Waals surface area contributed by atoms with E-state index < -0.39 is 0 Å². The van der Waals surface area contributed by atoms with Crippen LogP contribution in [0.5, 0.6) is 0 Å². The Labute approximate surface area is 156 Å². The lowest BCUT2D eigenvalue weighted by atomic mass is 10.2. The highest BCUT2D eigenvalue weighted by molar-refractivity contribution is 7.99. The zero-order valence-corrected chi connectivity index (χ0v) is 15.3. The normalized spacial score (nSPS) is 13.6. The first-order valence-electron chi connectivity index (χ1n) is 8.70. The molecule has 0 unspecified atom stereocenters. The van der Waals surface area contributed by atoms with Gasteiger partial charge < -0.3 is 9.30 Å². The van der Waals surface area contributed by atoms with Gasteiger partial charge in [-0.15, -0.1) is 0 Å². The van der Waals surface area contributed by atoms with Crippen molar-refractivity contribution in [1.82, 2.24) is 14.5 Å². The second-order valence-electron chi connectivity index (χ2n) is 6.10. The molecule has 5 nitrogen and oxygen atoms in total. The Morgan fingerprint density at radius 2 is 1.96 bits per heavy atom. The van der Waals surface area contributed by atoms with Crippen LogP contribution < -0.4 is 0 Å².